The Bertz CT molecular complexity index is 1410. The summed E-state index contributed by atoms with van der Waals surface area (Å²) >= 11 is 1.05. The minimum absolute atomic E-state index is 0.0425. The maximum absolute atomic E-state index is 12.7. The molecule has 0 fully saturated rings. The molecule has 0 radical (unpaired) electrons. The number of rotatable bonds is 5. The van der Waals surface area contributed by atoms with E-state index in [2.05, 4.69) is 18.8 Å². The monoisotopic (exact) mass is 435 g/mol. The molecule has 10 heteroatoms. The van der Waals surface area contributed by atoms with Gasteiger partial charge in [0.2, 0.25) is 0 Å². The van der Waals surface area contributed by atoms with E-state index in [9.17, 15) is 13.2 Å². The zero-order valence-electron chi connectivity index (χ0n) is 15.2. The van der Waals surface area contributed by atoms with Gasteiger partial charge in [0.05, 0.1) is 33.9 Å². The standard InChI is InChI=1S/C20H13N5O3S2/c21-12-13-4-1-7-16(10-13)30(27,28)25-15-6-2-5-14(11-15)20(26)22-17-8-3-9-18-19(17)24-29-23-18/h1-11,25H,(H,22,26). The van der Waals surface area contributed by atoms with Crippen molar-refractivity contribution in [3.05, 3.63) is 77.9 Å². The van der Waals surface area contributed by atoms with Gasteiger partial charge in [0.15, 0.2) is 0 Å². The molecule has 148 valence electrons. The zero-order chi connectivity index (χ0) is 21.1. The van der Waals surface area contributed by atoms with Crippen molar-refractivity contribution in [1.82, 2.24) is 8.75 Å². The highest BCUT2D eigenvalue weighted by molar-refractivity contribution is 7.92. The van der Waals surface area contributed by atoms with Crippen LogP contribution in [0.15, 0.2) is 71.6 Å². The summed E-state index contributed by atoms with van der Waals surface area (Å²) in [7, 11) is -3.92. The molecular formula is C20H13N5O3S2. The highest BCUT2D eigenvalue weighted by Gasteiger charge is 2.16. The zero-order valence-corrected chi connectivity index (χ0v) is 16.9. The predicted molar refractivity (Wildman–Crippen MR) is 114 cm³/mol. The quantitative estimate of drug-likeness (QED) is 0.493. The van der Waals surface area contributed by atoms with Gasteiger partial charge < -0.3 is 5.32 Å². The first kappa shape index (κ1) is 19.5. The SMILES string of the molecule is N#Cc1cccc(S(=O)(=O)Nc2cccc(C(=O)Nc3cccc4nsnc34)c2)c1. The summed E-state index contributed by atoms with van der Waals surface area (Å²) in [5.41, 5.74) is 2.51. The second-order valence-electron chi connectivity index (χ2n) is 6.22. The number of carbonyl (C=O) groups excluding carboxylic acids is 1. The lowest BCUT2D eigenvalue weighted by atomic mass is 10.2. The van der Waals surface area contributed by atoms with Crippen LogP contribution in [-0.2, 0) is 10.0 Å². The van der Waals surface area contributed by atoms with Gasteiger partial charge >= 0.3 is 0 Å². The molecule has 0 saturated heterocycles. The number of hydrogen-bond acceptors (Lipinski definition) is 7. The highest BCUT2D eigenvalue weighted by atomic mass is 32.2. The van der Waals surface area contributed by atoms with Crippen LogP contribution in [0.2, 0.25) is 0 Å². The molecule has 1 aromatic heterocycles. The lowest BCUT2D eigenvalue weighted by molar-refractivity contribution is 0.102. The smallest absolute Gasteiger partial charge is 0.261 e. The van der Waals surface area contributed by atoms with Crippen molar-refractivity contribution >= 4 is 50.1 Å². The Morgan fingerprint density at radius 2 is 1.80 bits per heavy atom. The molecular weight excluding hydrogens is 422 g/mol. The summed E-state index contributed by atoms with van der Waals surface area (Å²) in [6, 6.07) is 19.0. The molecule has 0 bridgehead atoms. The second kappa shape index (κ2) is 7.90. The molecule has 1 amide bonds. The fraction of sp³-hybridized carbons (Fsp3) is 0. The number of amides is 1. The molecule has 0 unspecified atom stereocenters. The third-order valence-electron chi connectivity index (χ3n) is 4.18. The van der Waals surface area contributed by atoms with E-state index in [0.717, 1.165) is 11.7 Å². The minimum atomic E-state index is -3.92. The lowest BCUT2D eigenvalue weighted by Crippen LogP contribution is -2.15. The van der Waals surface area contributed by atoms with E-state index < -0.39 is 15.9 Å². The molecule has 2 N–H and O–H groups in total. The molecule has 30 heavy (non-hydrogen) atoms. The number of sulfonamides is 1. The Hall–Kier alpha value is -3.81. The molecule has 0 aliphatic carbocycles. The third-order valence-corrected chi connectivity index (χ3v) is 6.11. The van der Waals surface area contributed by atoms with Gasteiger partial charge in [-0.3, -0.25) is 9.52 Å². The number of aromatic nitrogens is 2. The molecule has 0 aliphatic heterocycles. The van der Waals surface area contributed by atoms with Crippen LogP contribution in [0, 0.1) is 11.3 Å². The number of nitrogens with zero attached hydrogens (tertiary/aromatic N) is 3. The maximum Gasteiger partial charge on any atom is 0.261 e. The average molecular weight is 435 g/mol. The summed E-state index contributed by atoms with van der Waals surface area (Å²) in [6.45, 7) is 0. The van der Waals surface area contributed by atoms with Gasteiger partial charge in [-0.05, 0) is 48.5 Å². The van der Waals surface area contributed by atoms with Crippen LogP contribution in [0.3, 0.4) is 0 Å². The highest BCUT2D eigenvalue weighted by Crippen LogP contribution is 2.23. The molecule has 8 nitrogen and oxygen atoms in total. The average Bonchev–Trinajstić information content (AvgIpc) is 3.23. The van der Waals surface area contributed by atoms with E-state index in [1.54, 1.807) is 30.3 Å². The topological polar surface area (TPSA) is 125 Å². The van der Waals surface area contributed by atoms with Crippen LogP contribution in [0.25, 0.3) is 11.0 Å². The fourth-order valence-electron chi connectivity index (χ4n) is 2.77. The van der Waals surface area contributed by atoms with Crippen molar-refractivity contribution in [3.63, 3.8) is 0 Å². The van der Waals surface area contributed by atoms with Crippen LogP contribution in [0.4, 0.5) is 11.4 Å². The Morgan fingerprint density at radius 1 is 1.00 bits per heavy atom. The van der Waals surface area contributed by atoms with E-state index in [0.29, 0.717) is 16.7 Å². The number of benzene rings is 3. The Balaban J connectivity index is 1.57. The van der Waals surface area contributed by atoms with Crippen LogP contribution in [0.1, 0.15) is 15.9 Å². The number of nitriles is 1. The van der Waals surface area contributed by atoms with Gasteiger partial charge in [0, 0.05) is 11.3 Å². The number of nitrogens with one attached hydrogen (secondary N) is 2. The summed E-state index contributed by atoms with van der Waals surface area (Å²) < 4.78 is 36.0. The van der Waals surface area contributed by atoms with Gasteiger partial charge in [-0.1, -0.05) is 18.2 Å². The van der Waals surface area contributed by atoms with E-state index in [-0.39, 0.29) is 21.7 Å². The van der Waals surface area contributed by atoms with Crippen molar-refractivity contribution in [3.8, 4) is 6.07 Å². The van der Waals surface area contributed by atoms with Crippen LogP contribution in [0.5, 0.6) is 0 Å². The second-order valence-corrected chi connectivity index (χ2v) is 8.43. The van der Waals surface area contributed by atoms with Crippen LogP contribution < -0.4 is 10.0 Å². The van der Waals surface area contributed by atoms with E-state index in [1.807, 2.05) is 6.07 Å². The van der Waals surface area contributed by atoms with E-state index in [4.69, 9.17) is 5.26 Å². The molecule has 0 spiro atoms. The predicted octanol–water partition coefficient (Wildman–Crippen LogP) is 3.62. The van der Waals surface area contributed by atoms with Crippen molar-refractivity contribution in [2.45, 2.75) is 4.90 Å². The fourth-order valence-corrected chi connectivity index (χ4v) is 4.42. The van der Waals surface area contributed by atoms with Gasteiger partial charge in [0.1, 0.15) is 11.0 Å². The molecule has 0 saturated carbocycles. The number of hydrogen-bond donors (Lipinski definition) is 2. The first-order valence-electron chi connectivity index (χ1n) is 8.62. The van der Waals surface area contributed by atoms with E-state index in [1.165, 1.54) is 36.4 Å². The largest absolute Gasteiger partial charge is 0.320 e. The first-order chi connectivity index (χ1) is 14.5. The minimum Gasteiger partial charge on any atom is -0.320 e. The van der Waals surface area contributed by atoms with Crippen molar-refractivity contribution in [2.24, 2.45) is 0 Å². The van der Waals surface area contributed by atoms with Crippen LogP contribution >= 0.6 is 11.7 Å². The van der Waals surface area contributed by atoms with Gasteiger partial charge in [-0.15, -0.1) is 0 Å². The molecule has 0 atom stereocenters. The summed E-state index contributed by atoms with van der Waals surface area (Å²) in [4.78, 5) is 12.6. The number of anilines is 2. The maximum atomic E-state index is 12.7. The van der Waals surface area contributed by atoms with Gasteiger partial charge in [0.25, 0.3) is 15.9 Å². The summed E-state index contributed by atoms with van der Waals surface area (Å²) in [6.07, 6.45) is 0. The Kier molecular flexibility index (Phi) is 5.14. The molecule has 4 aromatic rings. The van der Waals surface area contributed by atoms with Crippen LogP contribution in [-0.4, -0.2) is 23.1 Å². The third kappa shape index (κ3) is 3.98. The van der Waals surface area contributed by atoms with E-state index >= 15 is 0 Å². The normalized spacial score (nSPS) is 11.0. The molecule has 0 aliphatic rings. The number of fused-ring (bicyclic) bond motifs is 1. The van der Waals surface area contributed by atoms with Crippen molar-refractivity contribution in [2.75, 3.05) is 10.0 Å². The Morgan fingerprint density at radius 3 is 2.63 bits per heavy atom. The van der Waals surface area contributed by atoms with Crippen molar-refractivity contribution in [1.29, 1.82) is 5.26 Å². The molecule has 1 heterocycles. The van der Waals surface area contributed by atoms with Crippen molar-refractivity contribution < 1.29 is 13.2 Å². The molecule has 3 aromatic carbocycles. The first-order valence-corrected chi connectivity index (χ1v) is 10.8. The summed E-state index contributed by atoms with van der Waals surface area (Å²) in [5.74, 6) is -0.414. The van der Waals surface area contributed by atoms with Gasteiger partial charge in [-0.2, -0.15) is 14.0 Å². The number of carbonyl (C=O) groups is 1. The summed E-state index contributed by atoms with van der Waals surface area (Å²) in [5, 5.41) is 11.7. The molecule has 4 rings (SSSR count). The lowest BCUT2D eigenvalue weighted by Gasteiger charge is -2.10. The van der Waals surface area contributed by atoms with Gasteiger partial charge in [-0.25, -0.2) is 8.42 Å². The Labute approximate surface area is 176 Å².